The molecular formula is C16H22F2N4O. The standard InChI is InChI=1S/C16H22F2N4O/c1-20(2)8-13-6-16(17,18)11-22(13)14-9-21(10-14)15(23)12-4-3-5-19-7-12/h3-5,7,13-14H,6,8-11H2,1-2H3. The van der Waals surface area contributed by atoms with Crippen molar-refractivity contribution in [2.75, 3.05) is 40.3 Å². The fourth-order valence-electron chi connectivity index (χ4n) is 3.44. The SMILES string of the molecule is CN(C)CC1CC(F)(F)CN1C1CN(C(=O)c2cccnc2)C1. The van der Waals surface area contributed by atoms with Crippen molar-refractivity contribution in [3.63, 3.8) is 0 Å². The highest BCUT2D eigenvalue weighted by Gasteiger charge is 2.50. The molecule has 0 radical (unpaired) electrons. The molecule has 5 nitrogen and oxygen atoms in total. The van der Waals surface area contributed by atoms with Gasteiger partial charge in [-0.25, -0.2) is 8.78 Å². The number of carbonyl (C=O) groups is 1. The predicted octanol–water partition coefficient (Wildman–Crippen LogP) is 1.18. The molecule has 0 N–H and O–H groups in total. The van der Waals surface area contributed by atoms with E-state index in [0.29, 0.717) is 25.2 Å². The van der Waals surface area contributed by atoms with Gasteiger partial charge in [-0.3, -0.25) is 14.7 Å². The molecule has 1 aromatic rings. The number of pyridine rings is 1. The van der Waals surface area contributed by atoms with Crippen LogP contribution in [0.25, 0.3) is 0 Å². The molecule has 3 heterocycles. The smallest absolute Gasteiger partial charge is 0.262 e. The summed E-state index contributed by atoms with van der Waals surface area (Å²) in [6.07, 6.45) is 3.06. The molecule has 23 heavy (non-hydrogen) atoms. The molecule has 0 saturated carbocycles. The molecular weight excluding hydrogens is 302 g/mol. The van der Waals surface area contributed by atoms with Crippen LogP contribution in [-0.4, -0.2) is 83.9 Å². The molecule has 2 saturated heterocycles. The van der Waals surface area contributed by atoms with E-state index in [1.807, 2.05) is 23.9 Å². The van der Waals surface area contributed by atoms with Crippen LogP contribution in [0.3, 0.4) is 0 Å². The third-order valence-electron chi connectivity index (χ3n) is 4.52. The molecule has 1 amide bonds. The topological polar surface area (TPSA) is 39.7 Å². The van der Waals surface area contributed by atoms with E-state index in [0.717, 1.165) is 0 Å². The molecule has 1 unspecified atom stereocenters. The van der Waals surface area contributed by atoms with Crippen LogP contribution >= 0.6 is 0 Å². The van der Waals surface area contributed by atoms with E-state index < -0.39 is 5.92 Å². The van der Waals surface area contributed by atoms with Gasteiger partial charge < -0.3 is 9.80 Å². The van der Waals surface area contributed by atoms with Crippen molar-refractivity contribution < 1.29 is 13.6 Å². The highest BCUT2D eigenvalue weighted by atomic mass is 19.3. The first kappa shape index (κ1) is 16.3. The molecule has 0 aliphatic carbocycles. The number of amides is 1. The number of aromatic nitrogens is 1. The van der Waals surface area contributed by atoms with Gasteiger partial charge in [0.25, 0.3) is 11.8 Å². The summed E-state index contributed by atoms with van der Waals surface area (Å²) in [5.41, 5.74) is 0.544. The second-order valence-corrected chi connectivity index (χ2v) is 6.75. The molecule has 1 atom stereocenters. The van der Waals surface area contributed by atoms with Crippen molar-refractivity contribution >= 4 is 5.91 Å². The van der Waals surface area contributed by atoms with Gasteiger partial charge in [-0.05, 0) is 26.2 Å². The second kappa shape index (κ2) is 6.13. The van der Waals surface area contributed by atoms with Crippen molar-refractivity contribution in [1.29, 1.82) is 0 Å². The van der Waals surface area contributed by atoms with Gasteiger partial charge in [0, 0.05) is 50.5 Å². The summed E-state index contributed by atoms with van der Waals surface area (Å²) in [4.78, 5) is 21.8. The lowest BCUT2D eigenvalue weighted by molar-refractivity contribution is -0.0114. The maximum Gasteiger partial charge on any atom is 0.262 e. The predicted molar refractivity (Wildman–Crippen MR) is 82.5 cm³/mol. The largest absolute Gasteiger partial charge is 0.335 e. The minimum Gasteiger partial charge on any atom is -0.335 e. The molecule has 0 bridgehead atoms. The summed E-state index contributed by atoms with van der Waals surface area (Å²) in [5.74, 6) is -2.71. The number of nitrogens with zero attached hydrogens (tertiary/aromatic N) is 4. The first-order valence-electron chi connectivity index (χ1n) is 7.83. The Kier molecular flexibility index (Phi) is 4.33. The van der Waals surface area contributed by atoms with Crippen LogP contribution in [-0.2, 0) is 0 Å². The van der Waals surface area contributed by atoms with Crippen LogP contribution in [0, 0.1) is 0 Å². The van der Waals surface area contributed by atoms with Gasteiger partial charge in [0.05, 0.1) is 12.1 Å². The number of alkyl halides is 2. The number of likely N-dealkylation sites (tertiary alicyclic amines) is 2. The molecule has 2 fully saturated rings. The monoisotopic (exact) mass is 324 g/mol. The molecule has 7 heteroatoms. The zero-order valence-electron chi connectivity index (χ0n) is 13.5. The van der Waals surface area contributed by atoms with Crippen LogP contribution in [0.5, 0.6) is 0 Å². The maximum atomic E-state index is 13.8. The van der Waals surface area contributed by atoms with Gasteiger partial charge in [-0.15, -0.1) is 0 Å². The zero-order valence-corrected chi connectivity index (χ0v) is 13.5. The highest BCUT2D eigenvalue weighted by molar-refractivity contribution is 5.94. The zero-order chi connectivity index (χ0) is 16.6. The summed E-state index contributed by atoms with van der Waals surface area (Å²) in [7, 11) is 3.79. The van der Waals surface area contributed by atoms with Crippen molar-refractivity contribution in [2.45, 2.75) is 24.4 Å². The number of likely N-dealkylation sites (N-methyl/N-ethyl adjacent to an activating group) is 1. The van der Waals surface area contributed by atoms with Gasteiger partial charge in [0.15, 0.2) is 0 Å². The Bertz CT molecular complexity index is 560. The molecule has 1 aromatic heterocycles. The molecule has 126 valence electrons. The van der Waals surface area contributed by atoms with Crippen molar-refractivity contribution in [2.24, 2.45) is 0 Å². The minimum atomic E-state index is -2.63. The molecule has 0 aromatic carbocycles. The molecule has 2 aliphatic rings. The number of rotatable bonds is 4. The lowest BCUT2D eigenvalue weighted by Gasteiger charge is -2.46. The van der Waals surface area contributed by atoms with Crippen LogP contribution in [0.1, 0.15) is 16.8 Å². The fraction of sp³-hybridized carbons (Fsp3) is 0.625. The van der Waals surface area contributed by atoms with Crippen LogP contribution in [0.15, 0.2) is 24.5 Å². The average molecular weight is 324 g/mol. The Morgan fingerprint density at radius 2 is 2.17 bits per heavy atom. The second-order valence-electron chi connectivity index (χ2n) is 6.75. The maximum absolute atomic E-state index is 13.8. The van der Waals surface area contributed by atoms with Gasteiger partial charge >= 0.3 is 0 Å². The Morgan fingerprint density at radius 3 is 2.78 bits per heavy atom. The fourth-order valence-corrected chi connectivity index (χ4v) is 3.44. The summed E-state index contributed by atoms with van der Waals surface area (Å²) < 4.78 is 27.6. The van der Waals surface area contributed by atoms with E-state index in [2.05, 4.69) is 4.98 Å². The molecule has 2 aliphatic heterocycles. The number of hydrogen-bond donors (Lipinski definition) is 0. The van der Waals surface area contributed by atoms with E-state index in [1.165, 1.54) is 6.20 Å². The van der Waals surface area contributed by atoms with Crippen molar-refractivity contribution in [3.05, 3.63) is 30.1 Å². The Morgan fingerprint density at radius 1 is 1.43 bits per heavy atom. The number of halogens is 2. The van der Waals surface area contributed by atoms with Crippen molar-refractivity contribution in [3.8, 4) is 0 Å². The number of carbonyl (C=O) groups excluding carboxylic acids is 1. The van der Waals surface area contributed by atoms with Gasteiger partial charge in [-0.1, -0.05) is 0 Å². The first-order chi connectivity index (χ1) is 10.9. The van der Waals surface area contributed by atoms with E-state index in [1.54, 1.807) is 23.2 Å². The Hall–Kier alpha value is -1.60. The number of hydrogen-bond acceptors (Lipinski definition) is 4. The summed E-state index contributed by atoms with van der Waals surface area (Å²) >= 11 is 0. The normalized spacial score (nSPS) is 24.9. The van der Waals surface area contributed by atoms with E-state index >= 15 is 0 Å². The third-order valence-corrected chi connectivity index (χ3v) is 4.52. The van der Waals surface area contributed by atoms with Crippen LogP contribution in [0.2, 0.25) is 0 Å². The van der Waals surface area contributed by atoms with Crippen LogP contribution in [0.4, 0.5) is 8.78 Å². The van der Waals surface area contributed by atoms with E-state index in [9.17, 15) is 13.6 Å². The van der Waals surface area contributed by atoms with E-state index in [-0.39, 0.29) is 31.0 Å². The molecule has 0 spiro atoms. The van der Waals surface area contributed by atoms with E-state index in [4.69, 9.17) is 0 Å². The lowest BCUT2D eigenvalue weighted by atomic mass is 10.0. The summed E-state index contributed by atoms with van der Waals surface area (Å²) in [6, 6.07) is 3.31. The average Bonchev–Trinajstić information content (AvgIpc) is 2.72. The van der Waals surface area contributed by atoms with Gasteiger partial charge in [0.2, 0.25) is 0 Å². The quantitative estimate of drug-likeness (QED) is 0.834. The lowest BCUT2D eigenvalue weighted by Crippen LogP contribution is -2.63. The summed E-state index contributed by atoms with van der Waals surface area (Å²) in [5, 5.41) is 0. The van der Waals surface area contributed by atoms with Gasteiger partial charge in [0.1, 0.15) is 0 Å². The Labute approximate surface area is 134 Å². The minimum absolute atomic E-state index is 0.0222. The van der Waals surface area contributed by atoms with Gasteiger partial charge in [-0.2, -0.15) is 0 Å². The van der Waals surface area contributed by atoms with Crippen molar-refractivity contribution in [1.82, 2.24) is 19.7 Å². The van der Waals surface area contributed by atoms with Crippen LogP contribution < -0.4 is 0 Å². The Balaban J connectivity index is 1.60. The summed E-state index contributed by atoms with van der Waals surface area (Å²) in [6.45, 7) is 1.43. The molecule has 3 rings (SSSR count). The highest BCUT2D eigenvalue weighted by Crippen LogP contribution is 2.35. The first-order valence-corrected chi connectivity index (χ1v) is 7.83. The third kappa shape index (κ3) is 3.50.